The molecule has 5 heteroatoms. The van der Waals surface area contributed by atoms with Crippen molar-refractivity contribution in [3.8, 4) is 33.6 Å². The van der Waals surface area contributed by atoms with Crippen LogP contribution in [0.5, 0.6) is 0 Å². The Hall–Kier alpha value is -5.22. The molecule has 8 aromatic rings. The van der Waals surface area contributed by atoms with Crippen molar-refractivity contribution in [2.75, 3.05) is 0 Å². The first kappa shape index (κ1) is 33.7. The average molecular weight is 814 g/mol. The minimum Gasteiger partial charge on any atom is -0.486 e. The van der Waals surface area contributed by atoms with E-state index < -0.39 is 0 Å². The number of rotatable bonds is 5. The standard InChI is InChI=1S/C30H21N2O.C14H14N.Ir/c1-20-19-31-28(18-27(20)22-11-6-3-7-12-22)26-14-8-13-24-25-16-15-23(32-30(25)33-29(24)26)17-21-9-4-2-5-10-21;1-10-4-6-13(7-5-10)14-8-11(2)12(3)9-15-14;/h2-13,15-16,18-19H,17H2,1H3;4-6,8-9H,1-3H3;/q2*-1;. The maximum atomic E-state index is 6.31. The number of hydrogen-bond acceptors (Lipinski definition) is 4. The van der Waals surface area contributed by atoms with Crippen LogP contribution in [0.4, 0.5) is 0 Å². The molecule has 1 radical (unpaired) electrons. The van der Waals surface area contributed by atoms with Gasteiger partial charge in [-0.2, -0.15) is 0 Å². The molecule has 0 saturated carbocycles. The molecule has 4 aromatic heterocycles. The van der Waals surface area contributed by atoms with Gasteiger partial charge in [0.25, 0.3) is 0 Å². The summed E-state index contributed by atoms with van der Waals surface area (Å²) in [6.45, 7) is 8.33. The normalized spacial score (nSPS) is 10.8. The quantitative estimate of drug-likeness (QED) is 0.162. The predicted octanol–water partition coefficient (Wildman–Crippen LogP) is 10.9. The van der Waals surface area contributed by atoms with Gasteiger partial charge in [-0.15, -0.1) is 53.6 Å². The van der Waals surface area contributed by atoms with Crippen LogP contribution in [0.1, 0.15) is 33.5 Å². The first-order valence-corrected chi connectivity index (χ1v) is 16.1. The average Bonchev–Trinajstić information content (AvgIpc) is 3.49. The van der Waals surface area contributed by atoms with Crippen molar-refractivity contribution in [1.29, 1.82) is 0 Å². The molecule has 0 bridgehead atoms. The summed E-state index contributed by atoms with van der Waals surface area (Å²) in [5, 5.41) is 2.04. The maximum absolute atomic E-state index is 6.31. The summed E-state index contributed by atoms with van der Waals surface area (Å²) in [7, 11) is 0. The molecule has 0 aliphatic carbocycles. The van der Waals surface area contributed by atoms with Gasteiger partial charge in [0.1, 0.15) is 0 Å². The summed E-state index contributed by atoms with van der Waals surface area (Å²) in [6, 6.07) is 45.9. The number of pyridine rings is 3. The minimum atomic E-state index is 0. The molecule has 0 fully saturated rings. The van der Waals surface area contributed by atoms with Crippen LogP contribution in [0.2, 0.25) is 0 Å². The van der Waals surface area contributed by atoms with E-state index in [2.05, 4.69) is 130 Å². The second kappa shape index (κ2) is 14.9. The summed E-state index contributed by atoms with van der Waals surface area (Å²) < 4.78 is 6.31. The van der Waals surface area contributed by atoms with E-state index in [1.54, 1.807) is 0 Å². The second-order valence-electron chi connectivity index (χ2n) is 12.2. The van der Waals surface area contributed by atoms with Crippen LogP contribution in [-0.2, 0) is 26.5 Å². The smallest absolute Gasteiger partial charge is 0.216 e. The number of benzene rings is 4. The van der Waals surface area contributed by atoms with E-state index in [0.29, 0.717) is 5.71 Å². The van der Waals surface area contributed by atoms with Crippen LogP contribution in [0.3, 0.4) is 0 Å². The number of furan rings is 1. The predicted molar refractivity (Wildman–Crippen MR) is 196 cm³/mol. The van der Waals surface area contributed by atoms with Crippen molar-refractivity contribution in [2.45, 2.75) is 34.1 Å². The topological polar surface area (TPSA) is 51.8 Å². The molecular weight excluding hydrogens is 779 g/mol. The SMILES string of the molecule is Cc1c[c-]c(-c2cc(C)c(C)cn2)cc1.Cc1cnc(-c2[c-]ccc3c2oc2nc(Cc4ccccc4)ccc23)cc1-c1ccccc1.[Ir]. The zero-order valence-corrected chi connectivity index (χ0v) is 30.3. The van der Waals surface area contributed by atoms with Crippen LogP contribution in [-0.4, -0.2) is 15.0 Å². The molecule has 0 aliphatic rings. The van der Waals surface area contributed by atoms with Crippen molar-refractivity contribution in [1.82, 2.24) is 15.0 Å². The molecule has 4 nitrogen and oxygen atoms in total. The molecule has 4 heterocycles. The maximum Gasteiger partial charge on any atom is 0.216 e. The fourth-order valence-electron chi connectivity index (χ4n) is 5.78. The van der Waals surface area contributed by atoms with Gasteiger partial charge in [0.05, 0.1) is 5.58 Å². The van der Waals surface area contributed by atoms with Crippen LogP contribution < -0.4 is 0 Å². The van der Waals surface area contributed by atoms with E-state index in [1.807, 2.05) is 42.7 Å². The van der Waals surface area contributed by atoms with Crippen LogP contribution in [0, 0.1) is 39.8 Å². The summed E-state index contributed by atoms with van der Waals surface area (Å²) in [5.41, 5.74) is 14.6. The fourth-order valence-corrected chi connectivity index (χ4v) is 5.78. The summed E-state index contributed by atoms with van der Waals surface area (Å²) >= 11 is 0. The van der Waals surface area contributed by atoms with Gasteiger partial charge in [0.15, 0.2) is 0 Å². The number of aromatic nitrogens is 3. The third-order valence-electron chi connectivity index (χ3n) is 8.65. The monoisotopic (exact) mass is 814 g/mol. The molecule has 0 spiro atoms. The molecule has 8 rings (SSSR count). The van der Waals surface area contributed by atoms with Crippen LogP contribution in [0.15, 0.2) is 132 Å². The first-order valence-electron chi connectivity index (χ1n) is 16.1. The van der Waals surface area contributed by atoms with E-state index >= 15 is 0 Å². The molecule has 0 N–H and O–H groups in total. The summed E-state index contributed by atoms with van der Waals surface area (Å²) in [4.78, 5) is 13.9. The van der Waals surface area contributed by atoms with Gasteiger partial charge in [0.2, 0.25) is 5.71 Å². The summed E-state index contributed by atoms with van der Waals surface area (Å²) in [6.07, 6.45) is 4.61. The Morgan fingerprint density at radius 3 is 2.12 bits per heavy atom. The van der Waals surface area contributed by atoms with Gasteiger partial charge in [-0.3, -0.25) is 0 Å². The van der Waals surface area contributed by atoms with E-state index in [0.717, 1.165) is 62.1 Å². The van der Waals surface area contributed by atoms with E-state index in [1.165, 1.54) is 27.8 Å². The Balaban J connectivity index is 0.000000220. The molecule has 0 amide bonds. The van der Waals surface area contributed by atoms with Gasteiger partial charge in [-0.1, -0.05) is 96.2 Å². The molecule has 4 aromatic carbocycles. The third-order valence-corrected chi connectivity index (χ3v) is 8.65. The van der Waals surface area contributed by atoms with Gasteiger partial charge < -0.3 is 14.4 Å². The molecule has 0 saturated heterocycles. The Bertz CT molecular complexity index is 2350. The molecule has 49 heavy (non-hydrogen) atoms. The second-order valence-corrected chi connectivity index (χ2v) is 12.2. The molecule has 0 unspecified atom stereocenters. The molecule has 0 aliphatic heterocycles. The van der Waals surface area contributed by atoms with Crippen LogP contribution in [0.25, 0.3) is 55.7 Å². The zero-order chi connectivity index (χ0) is 33.0. The number of aryl methyl sites for hydroxylation is 4. The van der Waals surface area contributed by atoms with Gasteiger partial charge in [-0.05, 0) is 72.1 Å². The largest absolute Gasteiger partial charge is 0.486 e. The van der Waals surface area contributed by atoms with Crippen molar-refractivity contribution >= 4 is 22.1 Å². The third kappa shape index (κ3) is 7.44. The Labute approximate surface area is 301 Å². The summed E-state index contributed by atoms with van der Waals surface area (Å²) in [5.74, 6) is 0. The van der Waals surface area contributed by atoms with E-state index in [9.17, 15) is 0 Å². The number of nitrogens with zero attached hydrogens (tertiary/aromatic N) is 3. The first-order chi connectivity index (χ1) is 23.4. The molecule has 243 valence electrons. The van der Waals surface area contributed by atoms with Crippen molar-refractivity contribution < 1.29 is 24.5 Å². The van der Waals surface area contributed by atoms with Crippen molar-refractivity contribution in [3.05, 3.63) is 173 Å². The Morgan fingerprint density at radius 1 is 0.653 bits per heavy atom. The number of hydrogen-bond donors (Lipinski definition) is 0. The van der Waals surface area contributed by atoms with Gasteiger partial charge in [-0.25, -0.2) is 4.98 Å². The van der Waals surface area contributed by atoms with Gasteiger partial charge in [0, 0.05) is 50.0 Å². The minimum absolute atomic E-state index is 0. The van der Waals surface area contributed by atoms with E-state index in [4.69, 9.17) is 14.4 Å². The molecule has 0 atom stereocenters. The van der Waals surface area contributed by atoms with Gasteiger partial charge >= 0.3 is 0 Å². The van der Waals surface area contributed by atoms with Crippen molar-refractivity contribution in [3.63, 3.8) is 0 Å². The van der Waals surface area contributed by atoms with Crippen molar-refractivity contribution in [2.24, 2.45) is 0 Å². The van der Waals surface area contributed by atoms with Crippen LogP contribution >= 0.6 is 0 Å². The Kier molecular flexibility index (Phi) is 10.2. The number of fused-ring (bicyclic) bond motifs is 3. The van der Waals surface area contributed by atoms with E-state index in [-0.39, 0.29) is 20.1 Å². The zero-order valence-electron chi connectivity index (χ0n) is 27.9. The fraction of sp³-hybridized carbons (Fsp3) is 0.114. The Morgan fingerprint density at radius 2 is 1.39 bits per heavy atom. The molecular formula is C44H35IrN3O-2.